The third-order valence-electron chi connectivity index (χ3n) is 7.69. The highest BCUT2D eigenvalue weighted by molar-refractivity contribution is 7.60. The summed E-state index contributed by atoms with van der Waals surface area (Å²) in [6.45, 7) is 3.88. The van der Waals surface area contributed by atoms with Crippen molar-refractivity contribution < 1.29 is 28.7 Å². The van der Waals surface area contributed by atoms with Gasteiger partial charge in [-0.05, 0) is 41.0 Å². The first-order valence-electron chi connectivity index (χ1n) is 15.8. The van der Waals surface area contributed by atoms with Crippen molar-refractivity contribution in [2.24, 2.45) is 5.92 Å². The summed E-state index contributed by atoms with van der Waals surface area (Å²) in [4.78, 5) is 48.8. The summed E-state index contributed by atoms with van der Waals surface area (Å²) in [6, 6.07) is 27.6. The van der Waals surface area contributed by atoms with Gasteiger partial charge in [-0.2, -0.15) is 0 Å². The molecule has 13 heteroatoms. The zero-order valence-electron chi connectivity index (χ0n) is 27.3. The van der Waals surface area contributed by atoms with Crippen molar-refractivity contribution in [2.45, 2.75) is 57.7 Å². The average molecular weight is 687 g/mol. The van der Waals surface area contributed by atoms with E-state index in [0.717, 1.165) is 11.1 Å². The van der Waals surface area contributed by atoms with E-state index < -0.39 is 41.1 Å². The number of hydrogen-bond acceptors (Lipinski definition) is 8. The number of esters is 1. The monoisotopic (exact) mass is 686 g/mol. The summed E-state index contributed by atoms with van der Waals surface area (Å²) >= 11 is 0. The first kappa shape index (κ1) is 36.6. The summed E-state index contributed by atoms with van der Waals surface area (Å²) in [5, 5.41) is 28.5. The zero-order valence-corrected chi connectivity index (χ0v) is 28.2. The summed E-state index contributed by atoms with van der Waals surface area (Å²) in [5.74, 6) is -1.12. The molecule has 0 saturated heterocycles. The highest BCUT2D eigenvalue weighted by atomic mass is 31.2. The van der Waals surface area contributed by atoms with Crippen LogP contribution in [0.3, 0.4) is 0 Å². The van der Waals surface area contributed by atoms with Crippen LogP contribution < -0.4 is 10.4 Å². The van der Waals surface area contributed by atoms with Crippen LogP contribution in [-0.4, -0.2) is 33.8 Å². The van der Waals surface area contributed by atoms with Crippen LogP contribution in [0.5, 0.6) is 0 Å². The number of hydrogen-bond donors (Lipinski definition) is 2. The van der Waals surface area contributed by atoms with Gasteiger partial charge in [0.1, 0.15) is 12.6 Å². The van der Waals surface area contributed by atoms with Crippen molar-refractivity contribution in [1.29, 1.82) is 0 Å². The molecule has 0 fully saturated rings. The molecular formula is C36H39N4O8P. The number of amides is 1. The number of carbonyl (C=O) groups excluding carboxylic acids is 2. The zero-order chi connectivity index (χ0) is 35.4. The minimum absolute atomic E-state index is 0.0329. The highest BCUT2D eigenvalue weighted by Crippen LogP contribution is 2.49. The predicted octanol–water partition coefficient (Wildman–Crippen LogP) is 6.96. The molecule has 0 bridgehead atoms. The van der Waals surface area contributed by atoms with Gasteiger partial charge >= 0.3 is 5.97 Å². The Morgan fingerprint density at radius 3 is 1.61 bits per heavy atom. The summed E-state index contributed by atoms with van der Waals surface area (Å²) in [5.41, 5.74) is 2.39. The fraction of sp³-hybridized carbons (Fsp3) is 0.278. The molecule has 12 nitrogen and oxygen atoms in total. The number of ether oxygens (including phenoxy) is 1. The largest absolute Gasteiger partial charge is 0.459 e. The maximum atomic E-state index is 14.9. The lowest BCUT2D eigenvalue weighted by molar-refractivity contribution is -0.385. The lowest BCUT2D eigenvalue weighted by Gasteiger charge is -2.28. The lowest BCUT2D eigenvalue weighted by atomic mass is 10.0. The van der Waals surface area contributed by atoms with Crippen LogP contribution >= 0.6 is 7.29 Å². The normalized spacial score (nSPS) is 12.6. The van der Waals surface area contributed by atoms with Gasteiger partial charge in [0.15, 0.2) is 7.29 Å². The number of carbonyl (C=O) groups is 2. The quantitative estimate of drug-likeness (QED) is 0.0516. The molecule has 0 radical (unpaired) electrons. The Balaban J connectivity index is 1.64. The summed E-state index contributed by atoms with van der Waals surface area (Å²) < 4.78 is 20.5. The van der Waals surface area contributed by atoms with E-state index in [1.807, 2.05) is 74.5 Å². The Bertz CT molecular complexity index is 1710. The first-order valence-corrected chi connectivity index (χ1v) is 17.9. The van der Waals surface area contributed by atoms with E-state index in [1.165, 1.54) is 48.5 Å². The fourth-order valence-electron chi connectivity index (χ4n) is 5.30. The van der Waals surface area contributed by atoms with Gasteiger partial charge in [-0.3, -0.25) is 30.1 Å². The molecule has 0 aliphatic carbocycles. The molecule has 2 atom stereocenters. The van der Waals surface area contributed by atoms with E-state index in [-0.39, 0.29) is 42.6 Å². The summed E-state index contributed by atoms with van der Waals surface area (Å²) in [6.07, 6.45) is 0.287. The Kier molecular flexibility index (Phi) is 12.9. The SMILES string of the molecule is CC(C)C[C@H](NC(=O)[C@H](Cc1ccccc1)NP(=O)(Cc1ccc([N+](=O)[O-])cc1)Cc1ccc([N+](=O)[O-])cc1)C(=O)OCc1ccccc1. The number of nitro benzene ring substituents is 2. The van der Waals surface area contributed by atoms with E-state index >= 15 is 0 Å². The molecular weight excluding hydrogens is 647 g/mol. The van der Waals surface area contributed by atoms with Crippen molar-refractivity contribution in [3.05, 3.63) is 152 Å². The van der Waals surface area contributed by atoms with Crippen LogP contribution in [-0.2, 0) is 44.2 Å². The van der Waals surface area contributed by atoms with E-state index in [4.69, 9.17) is 4.74 Å². The molecule has 0 saturated carbocycles. The van der Waals surface area contributed by atoms with Gasteiger partial charge in [-0.15, -0.1) is 0 Å². The molecule has 0 aromatic heterocycles. The smallest absolute Gasteiger partial charge is 0.328 e. The number of nitrogens with one attached hydrogen (secondary N) is 2. The lowest BCUT2D eigenvalue weighted by Crippen LogP contribution is -2.51. The third kappa shape index (κ3) is 11.5. The number of nitrogens with zero attached hydrogens (tertiary/aromatic N) is 2. The van der Waals surface area contributed by atoms with E-state index in [9.17, 15) is 34.4 Å². The molecule has 4 aromatic carbocycles. The van der Waals surface area contributed by atoms with Gasteiger partial charge in [0.2, 0.25) is 5.91 Å². The molecule has 2 N–H and O–H groups in total. The fourth-order valence-corrected chi connectivity index (χ4v) is 7.97. The van der Waals surface area contributed by atoms with Crippen molar-refractivity contribution >= 4 is 30.5 Å². The maximum absolute atomic E-state index is 14.9. The number of benzene rings is 4. The van der Waals surface area contributed by atoms with Crippen LogP contribution in [0.4, 0.5) is 11.4 Å². The van der Waals surface area contributed by atoms with Gasteiger partial charge in [0.05, 0.1) is 15.9 Å². The second-order valence-corrected chi connectivity index (χ2v) is 14.9. The van der Waals surface area contributed by atoms with Crippen molar-refractivity contribution in [3.8, 4) is 0 Å². The molecule has 1 amide bonds. The van der Waals surface area contributed by atoms with Crippen LogP contribution in [0.15, 0.2) is 109 Å². The van der Waals surface area contributed by atoms with E-state index in [2.05, 4.69) is 10.4 Å². The third-order valence-corrected chi connectivity index (χ3v) is 10.2. The Labute approximate surface area is 284 Å². The van der Waals surface area contributed by atoms with Gasteiger partial charge in [0, 0.05) is 36.6 Å². The minimum Gasteiger partial charge on any atom is -0.459 e. The maximum Gasteiger partial charge on any atom is 0.328 e. The van der Waals surface area contributed by atoms with Crippen LogP contribution in [0, 0.1) is 26.1 Å². The van der Waals surface area contributed by atoms with Gasteiger partial charge in [-0.1, -0.05) is 98.8 Å². The molecule has 0 aliphatic heterocycles. The minimum atomic E-state index is -3.60. The van der Waals surface area contributed by atoms with Crippen LogP contribution in [0.25, 0.3) is 0 Å². The number of nitro groups is 2. The molecule has 256 valence electrons. The molecule has 0 heterocycles. The number of non-ortho nitro benzene ring substituents is 2. The summed E-state index contributed by atoms with van der Waals surface area (Å²) in [7, 11) is -3.60. The Morgan fingerprint density at radius 1 is 0.694 bits per heavy atom. The topological polar surface area (TPSA) is 171 Å². The van der Waals surface area contributed by atoms with Crippen LogP contribution in [0.1, 0.15) is 42.5 Å². The molecule has 0 spiro atoms. The van der Waals surface area contributed by atoms with E-state index in [1.54, 1.807) is 0 Å². The van der Waals surface area contributed by atoms with E-state index in [0.29, 0.717) is 17.5 Å². The second-order valence-electron chi connectivity index (χ2n) is 12.2. The Hall–Kier alpha value is -5.19. The number of rotatable bonds is 17. The molecule has 49 heavy (non-hydrogen) atoms. The van der Waals surface area contributed by atoms with Crippen LogP contribution in [0.2, 0.25) is 0 Å². The highest BCUT2D eigenvalue weighted by Gasteiger charge is 2.33. The van der Waals surface area contributed by atoms with Gasteiger partial charge in [0.25, 0.3) is 11.4 Å². The predicted molar refractivity (Wildman–Crippen MR) is 186 cm³/mol. The average Bonchev–Trinajstić information content (AvgIpc) is 3.07. The van der Waals surface area contributed by atoms with Crippen molar-refractivity contribution in [3.63, 3.8) is 0 Å². The van der Waals surface area contributed by atoms with Gasteiger partial charge in [-0.25, -0.2) is 4.79 Å². The Morgan fingerprint density at radius 2 is 1.16 bits per heavy atom. The molecule has 4 aromatic rings. The van der Waals surface area contributed by atoms with Gasteiger partial charge < -0.3 is 14.6 Å². The molecule has 0 aliphatic rings. The molecule has 4 rings (SSSR count). The standard InChI is InChI=1S/C36H39N4O8P/c1-26(2)21-34(36(42)48-23-28-11-7-4-8-12-28)37-35(41)33(22-27-9-5-3-6-10-27)38-49(47,24-29-13-17-31(18-14-29)39(43)44)25-30-15-19-32(20-16-30)40(45)46/h3-20,26,33-34H,21-25H2,1-2H3,(H,37,41)(H,38,47)/t33-,34-/m0/s1. The van der Waals surface area contributed by atoms with Crippen molar-refractivity contribution in [2.75, 3.05) is 0 Å². The first-order chi connectivity index (χ1) is 23.4. The second kappa shape index (κ2) is 17.3. The molecule has 0 unspecified atom stereocenters. The van der Waals surface area contributed by atoms with Crippen molar-refractivity contribution in [1.82, 2.24) is 10.4 Å².